The van der Waals surface area contributed by atoms with Crippen LogP contribution in [0.4, 0.5) is 0 Å². The van der Waals surface area contributed by atoms with E-state index in [1.54, 1.807) is 10.9 Å². The third-order valence-corrected chi connectivity index (χ3v) is 4.28. The molecule has 0 aliphatic heterocycles. The van der Waals surface area contributed by atoms with Crippen LogP contribution in [0.3, 0.4) is 0 Å². The molecule has 0 radical (unpaired) electrons. The van der Waals surface area contributed by atoms with Crippen molar-refractivity contribution in [3.63, 3.8) is 0 Å². The summed E-state index contributed by atoms with van der Waals surface area (Å²) in [7, 11) is 1.85. The van der Waals surface area contributed by atoms with Crippen molar-refractivity contribution < 1.29 is 4.52 Å². The van der Waals surface area contributed by atoms with Gasteiger partial charge in [0.1, 0.15) is 5.52 Å². The Balaban J connectivity index is 1.53. The van der Waals surface area contributed by atoms with Crippen LogP contribution in [-0.2, 0) is 12.8 Å². The predicted octanol–water partition coefficient (Wildman–Crippen LogP) is 2.41. The molecule has 8 nitrogen and oxygen atoms in total. The molecule has 4 rings (SSSR count). The van der Waals surface area contributed by atoms with Crippen molar-refractivity contribution in [2.24, 2.45) is 7.05 Å². The lowest BCUT2D eigenvalue weighted by atomic mass is 10.2. The molecular weight excluding hydrogens is 326 g/mol. The molecule has 1 aromatic carbocycles. The first-order valence-corrected chi connectivity index (χ1v) is 8.22. The van der Waals surface area contributed by atoms with Crippen molar-refractivity contribution in [3.8, 4) is 11.4 Å². The molecule has 0 atom stereocenters. The van der Waals surface area contributed by atoms with Crippen LogP contribution in [0.2, 0.25) is 0 Å². The van der Waals surface area contributed by atoms with Crippen LogP contribution >= 0.6 is 11.8 Å². The van der Waals surface area contributed by atoms with Gasteiger partial charge in [0.25, 0.3) is 0 Å². The third-order valence-electron chi connectivity index (χ3n) is 3.43. The Labute approximate surface area is 141 Å². The van der Waals surface area contributed by atoms with Gasteiger partial charge in [-0.1, -0.05) is 22.1 Å². The number of rotatable bonds is 4. The summed E-state index contributed by atoms with van der Waals surface area (Å²) in [4.78, 5) is 13.0. The Morgan fingerprint density at radius 1 is 1.21 bits per heavy atom. The molecule has 0 saturated carbocycles. The van der Waals surface area contributed by atoms with Crippen molar-refractivity contribution >= 4 is 22.8 Å². The average molecular weight is 339 g/mol. The van der Waals surface area contributed by atoms with Crippen LogP contribution < -0.4 is 0 Å². The lowest BCUT2D eigenvalue weighted by Crippen LogP contribution is -1.90. The van der Waals surface area contributed by atoms with E-state index in [2.05, 4.69) is 30.4 Å². The quantitative estimate of drug-likeness (QED) is 0.413. The van der Waals surface area contributed by atoms with Crippen LogP contribution in [0.25, 0.3) is 22.4 Å². The second-order valence-corrected chi connectivity index (χ2v) is 6.14. The van der Waals surface area contributed by atoms with E-state index >= 15 is 0 Å². The van der Waals surface area contributed by atoms with Gasteiger partial charge in [0.05, 0.1) is 11.3 Å². The van der Waals surface area contributed by atoms with Gasteiger partial charge < -0.3 is 4.52 Å². The molecule has 0 unspecified atom stereocenters. The summed E-state index contributed by atoms with van der Waals surface area (Å²) in [6.07, 6.45) is 1.74. The van der Waals surface area contributed by atoms with E-state index in [0.29, 0.717) is 22.6 Å². The minimum atomic E-state index is 0.518. The zero-order valence-corrected chi connectivity index (χ0v) is 13.9. The summed E-state index contributed by atoms with van der Waals surface area (Å²) in [5.41, 5.74) is 3.52. The van der Waals surface area contributed by atoms with Crippen molar-refractivity contribution in [2.75, 3.05) is 0 Å². The van der Waals surface area contributed by atoms with E-state index in [1.807, 2.05) is 38.2 Å². The fourth-order valence-electron chi connectivity index (χ4n) is 2.23. The van der Waals surface area contributed by atoms with Gasteiger partial charge in [-0.2, -0.15) is 4.98 Å². The Hall–Kier alpha value is -2.81. The van der Waals surface area contributed by atoms with Crippen molar-refractivity contribution in [2.45, 2.75) is 17.8 Å². The number of aromatic nitrogens is 7. The summed E-state index contributed by atoms with van der Waals surface area (Å²) in [5, 5.41) is 12.8. The number of aryl methyl sites for hydroxylation is 2. The number of nitrogens with zero attached hydrogens (tertiary/aromatic N) is 7. The molecule has 0 bridgehead atoms. The van der Waals surface area contributed by atoms with Gasteiger partial charge in [0.2, 0.25) is 11.7 Å². The number of fused-ring (bicyclic) bond motifs is 1. The molecule has 9 heteroatoms. The van der Waals surface area contributed by atoms with Crippen LogP contribution in [0.15, 0.2) is 40.1 Å². The fourth-order valence-corrected chi connectivity index (χ4v) is 2.95. The highest BCUT2D eigenvalue weighted by atomic mass is 32.2. The lowest BCUT2D eigenvalue weighted by Gasteiger charge is -1.97. The molecule has 0 aliphatic rings. The minimum Gasteiger partial charge on any atom is -0.338 e. The molecular formula is C15H13N7OS. The van der Waals surface area contributed by atoms with E-state index in [0.717, 1.165) is 22.3 Å². The monoisotopic (exact) mass is 339 g/mol. The molecule has 0 amide bonds. The van der Waals surface area contributed by atoms with Crippen molar-refractivity contribution in [3.05, 3.63) is 42.0 Å². The van der Waals surface area contributed by atoms with Crippen LogP contribution in [0, 0.1) is 6.92 Å². The van der Waals surface area contributed by atoms with Crippen LogP contribution in [-0.4, -0.2) is 35.1 Å². The number of thioether (sulfide) groups is 1. The Kier molecular flexibility index (Phi) is 3.69. The summed E-state index contributed by atoms with van der Waals surface area (Å²) in [6, 6.07) is 7.62. The largest absolute Gasteiger partial charge is 0.338 e. The zero-order valence-electron chi connectivity index (χ0n) is 13.0. The van der Waals surface area contributed by atoms with E-state index in [-0.39, 0.29) is 0 Å². The molecule has 3 heterocycles. The first kappa shape index (κ1) is 14.8. The lowest BCUT2D eigenvalue weighted by molar-refractivity contribution is 0.391. The molecule has 0 N–H and O–H groups in total. The summed E-state index contributed by atoms with van der Waals surface area (Å²) in [6.45, 7) is 1.93. The van der Waals surface area contributed by atoms with E-state index in [4.69, 9.17) is 4.52 Å². The maximum atomic E-state index is 5.31. The van der Waals surface area contributed by atoms with Crippen molar-refractivity contribution in [1.82, 2.24) is 35.1 Å². The third kappa shape index (κ3) is 2.85. The highest BCUT2D eigenvalue weighted by Crippen LogP contribution is 2.23. The predicted molar refractivity (Wildman–Crippen MR) is 88.1 cm³/mol. The maximum absolute atomic E-state index is 5.31. The SMILES string of the molecule is Cc1ccnc(SCc2nc(-c3ccc4c(c3)nnn4C)no2)n1. The first-order chi connectivity index (χ1) is 11.7. The number of hydrogen-bond donors (Lipinski definition) is 0. The molecule has 24 heavy (non-hydrogen) atoms. The van der Waals surface area contributed by atoms with Crippen LogP contribution in [0.1, 0.15) is 11.6 Å². The van der Waals surface area contributed by atoms with E-state index in [1.165, 1.54) is 11.8 Å². The molecule has 0 saturated heterocycles. The number of hydrogen-bond acceptors (Lipinski definition) is 8. The zero-order chi connectivity index (χ0) is 16.5. The van der Waals surface area contributed by atoms with Gasteiger partial charge in [0, 0.05) is 24.5 Å². The maximum Gasteiger partial charge on any atom is 0.237 e. The normalized spacial score (nSPS) is 11.2. The summed E-state index contributed by atoms with van der Waals surface area (Å²) >= 11 is 1.46. The first-order valence-electron chi connectivity index (χ1n) is 7.24. The second kappa shape index (κ2) is 6.00. The Morgan fingerprint density at radius 3 is 3.00 bits per heavy atom. The highest BCUT2D eigenvalue weighted by Gasteiger charge is 2.12. The standard InChI is InChI=1S/C15H13N7OS/c1-9-5-6-16-15(17-9)24-8-13-18-14(20-23-13)10-3-4-12-11(7-10)19-21-22(12)2/h3-7H,8H2,1-2H3. The fraction of sp³-hybridized carbons (Fsp3) is 0.200. The topological polar surface area (TPSA) is 95.4 Å². The molecule has 0 aliphatic carbocycles. The second-order valence-electron chi connectivity index (χ2n) is 5.20. The highest BCUT2D eigenvalue weighted by molar-refractivity contribution is 7.98. The molecule has 3 aromatic heterocycles. The summed E-state index contributed by atoms with van der Waals surface area (Å²) in [5.74, 6) is 1.58. The molecule has 0 fully saturated rings. The number of benzene rings is 1. The van der Waals surface area contributed by atoms with Gasteiger partial charge >= 0.3 is 0 Å². The van der Waals surface area contributed by atoms with Gasteiger partial charge in [-0.05, 0) is 31.2 Å². The molecule has 120 valence electrons. The van der Waals surface area contributed by atoms with E-state index < -0.39 is 0 Å². The Morgan fingerprint density at radius 2 is 2.12 bits per heavy atom. The summed E-state index contributed by atoms with van der Waals surface area (Å²) < 4.78 is 7.03. The van der Waals surface area contributed by atoms with Gasteiger partial charge in [-0.3, -0.25) is 0 Å². The average Bonchev–Trinajstić information content (AvgIpc) is 3.20. The van der Waals surface area contributed by atoms with Gasteiger partial charge in [-0.25, -0.2) is 14.6 Å². The molecule has 4 aromatic rings. The molecule has 0 spiro atoms. The van der Waals surface area contributed by atoms with Gasteiger partial charge in [-0.15, -0.1) is 5.10 Å². The smallest absolute Gasteiger partial charge is 0.237 e. The Bertz CT molecular complexity index is 1010. The van der Waals surface area contributed by atoms with Gasteiger partial charge in [0.15, 0.2) is 5.16 Å². The van der Waals surface area contributed by atoms with E-state index in [9.17, 15) is 0 Å². The van der Waals surface area contributed by atoms with Crippen molar-refractivity contribution in [1.29, 1.82) is 0 Å². The van der Waals surface area contributed by atoms with Crippen LogP contribution in [0.5, 0.6) is 0 Å². The minimum absolute atomic E-state index is 0.518.